The van der Waals surface area contributed by atoms with E-state index < -0.39 is 0 Å². The summed E-state index contributed by atoms with van der Waals surface area (Å²) < 4.78 is 0. The van der Waals surface area contributed by atoms with Crippen LogP contribution < -0.4 is 0 Å². The summed E-state index contributed by atoms with van der Waals surface area (Å²) in [6, 6.07) is 0. The van der Waals surface area contributed by atoms with Crippen LogP contribution in [0.25, 0.3) is 0 Å². The van der Waals surface area contributed by atoms with E-state index in [0.29, 0.717) is 0 Å². The van der Waals surface area contributed by atoms with Gasteiger partial charge in [0.2, 0.25) is 0 Å². The molecule has 0 amide bonds. The number of rotatable bonds is 1. The summed E-state index contributed by atoms with van der Waals surface area (Å²) >= 11 is 0. The Balaban J connectivity index is 3.43. The van der Waals surface area contributed by atoms with E-state index in [1.165, 1.54) is 0 Å². The van der Waals surface area contributed by atoms with Crippen molar-refractivity contribution in [3.05, 3.63) is 18.1 Å². The molecule has 0 saturated carbocycles. The lowest BCUT2D eigenvalue weighted by atomic mass is 10.2. The molecule has 7 heavy (non-hydrogen) atoms. The summed E-state index contributed by atoms with van der Waals surface area (Å²) in [5.74, 6) is 2.43. The minimum atomic E-state index is 1.14. The van der Waals surface area contributed by atoms with Gasteiger partial charge in [0.15, 0.2) is 0 Å². The maximum Gasteiger partial charge on any atom is 0.0581 e. The van der Waals surface area contributed by atoms with Gasteiger partial charge in [-0.05, 0) is 13.8 Å². The molecule has 0 unspecified atom stereocenters. The second kappa shape index (κ2) is 3.49. The molecule has 0 heteroatoms. The Labute approximate surface area is 45.2 Å². The van der Waals surface area contributed by atoms with Crippen LogP contribution in [0.3, 0.4) is 0 Å². The van der Waals surface area contributed by atoms with Gasteiger partial charge in [0, 0.05) is 0 Å². The van der Waals surface area contributed by atoms with Crippen molar-refractivity contribution in [3.8, 4) is 12.3 Å². The zero-order valence-electron chi connectivity index (χ0n) is 4.73. The van der Waals surface area contributed by atoms with Gasteiger partial charge in [0.05, 0.1) is 6.42 Å². The van der Waals surface area contributed by atoms with E-state index >= 15 is 0 Å². The monoisotopic (exact) mass is 93.1 g/mol. The van der Waals surface area contributed by atoms with Crippen LogP contribution in [0.1, 0.15) is 13.8 Å². The third kappa shape index (κ3) is 3.12. The first-order valence-corrected chi connectivity index (χ1v) is 2.23. The predicted octanol–water partition coefficient (Wildman–Crippen LogP) is 1.79. The van der Waals surface area contributed by atoms with Crippen LogP contribution in [0.2, 0.25) is 0 Å². The minimum Gasteiger partial charge on any atom is -0.119 e. The van der Waals surface area contributed by atoms with Crippen LogP contribution >= 0.6 is 0 Å². The molecule has 0 aliphatic carbocycles. The summed E-state index contributed by atoms with van der Waals surface area (Å²) in [6.07, 6.45) is 8.67. The van der Waals surface area contributed by atoms with Crippen LogP contribution in [-0.2, 0) is 0 Å². The molecule has 37 valence electrons. The zero-order chi connectivity index (χ0) is 5.70. The third-order valence-electron chi connectivity index (χ3n) is 0.766. The smallest absolute Gasteiger partial charge is 0.0581 e. The van der Waals surface area contributed by atoms with Crippen molar-refractivity contribution in [2.24, 2.45) is 0 Å². The zero-order valence-corrected chi connectivity index (χ0v) is 4.73. The molecule has 0 fully saturated rings. The van der Waals surface area contributed by atoms with Gasteiger partial charge in [-0.15, -0.1) is 6.42 Å². The Hall–Kier alpha value is -0.700. The van der Waals surface area contributed by atoms with Gasteiger partial charge in [-0.25, -0.2) is 0 Å². The maximum absolute atomic E-state index is 4.96. The molecule has 0 aliphatic heterocycles. The van der Waals surface area contributed by atoms with Gasteiger partial charge in [-0.3, -0.25) is 0 Å². The molecule has 0 aliphatic rings. The lowest BCUT2D eigenvalue weighted by Gasteiger charge is -1.84. The molecule has 0 aromatic rings. The number of allylic oxidation sites excluding steroid dienone is 2. The van der Waals surface area contributed by atoms with Gasteiger partial charge in [-0.1, -0.05) is 17.6 Å². The summed E-state index contributed by atoms with van der Waals surface area (Å²) in [7, 11) is 0. The maximum atomic E-state index is 4.96. The van der Waals surface area contributed by atoms with Crippen molar-refractivity contribution < 1.29 is 0 Å². The highest BCUT2D eigenvalue weighted by atomic mass is 13.8. The first kappa shape index (κ1) is 6.30. The third-order valence-corrected chi connectivity index (χ3v) is 0.766. The van der Waals surface area contributed by atoms with Crippen LogP contribution in [0.5, 0.6) is 0 Å². The Morgan fingerprint density at radius 3 is 2.43 bits per heavy atom. The molecule has 0 heterocycles. The van der Waals surface area contributed by atoms with E-state index in [9.17, 15) is 0 Å². The van der Waals surface area contributed by atoms with Crippen LogP contribution in [0, 0.1) is 18.8 Å². The summed E-state index contributed by atoms with van der Waals surface area (Å²) in [5, 5.41) is 0. The first-order chi connectivity index (χ1) is 3.31. The molecule has 1 radical (unpaired) electrons. The molecule has 0 rings (SSSR count). The molecule has 0 N–H and O–H groups in total. The highest BCUT2D eigenvalue weighted by Crippen LogP contribution is 1.92. The Kier molecular flexibility index (Phi) is 3.14. The van der Waals surface area contributed by atoms with Crippen molar-refractivity contribution in [3.63, 3.8) is 0 Å². The van der Waals surface area contributed by atoms with Gasteiger partial charge in [0.1, 0.15) is 0 Å². The highest BCUT2D eigenvalue weighted by molar-refractivity contribution is 5.22. The molecule has 0 spiro atoms. The average molecular weight is 93.1 g/mol. The van der Waals surface area contributed by atoms with E-state index in [-0.39, 0.29) is 0 Å². The fourth-order valence-electron chi connectivity index (χ4n) is 0.215. The predicted molar refractivity (Wildman–Crippen MR) is 32.6 cm³/mol. The first-order valence-electron chi connectivity index (χ1n) is 2.23. The molecular weight excluding hydrogens is 84.1 g/mol. The van der Waals surface area contributed by atoms with Gasteiger partial charge >= 0.3 is 0 Å². The summed E-state index contributed by atoms with van der Waals surface area (Å²) in [4.78, 5) is 0. The Bertz CT molecular complexity index is 102. The quantitative estimate of drug-likeness (QED) is 0.433. The van der Waals surface area contributed by atoms with E-state index in [1.54, 1.807) is 6.42 Å². The summed E-state index contributed by atoms with van der Waals surface area (Å²) in [6.45, 7) is 3.93. The van der Waals surface area contributed by atoms with Crippen LogP contribution in [0.15, 0.2) is 11.6 Å². The fourth-order valence-corrected chi connectivity index (χ4v) is 0.215. The summed E-state index contributed by atoms with van der Waals surface area (Å²) in [5.41, 5.74) is 1.14. The van der Waals surface area contributed by atoms with E-state index in [1.807, 2.05) is 19.9 Å². The standard InChI is InChI=1S/C7H9/c1-4-6-7(3)5-2/h1,5-6H,2-3H3/b7-5+. The molecule has 0 saturated heterocycles. The molecule has 0 aromatic carbocycles. The van der Waals surface area contributed by atoms with Crippen molar-refractivity contribution in [2.75, 3.05) is 0 Å². The topological polar surface area (TPSA) is 0 Å². The molecular formula is C7H9. The lowest BCUT2D eigenvalue weighted by Crippen LogP contribution is -1.69. The molecule has 0 aromatic heterocycles. The van der Waals surface area contributed by atoms with Crippen molar-refractivity contribution >= 4 is 0 Å². The second-order valence-corrected chi connectivity index (χ2v) is 1.34. The van der Waals surface area contributed by atoms with Gasteiger partial charge in [0.25, 0.3) is 0 Å². The fraction of sp³-hybridized carbons (Fsp3) is 0.286. The van der Waals surface area contributed by atoms with Crippen LogP contribution in [-0.4, -0.2) is 0 Å². The van der Waals surface area contributed by atoms with Crippen molar-refractivity contribution in [1.29, 1.82) is 0 Å². The van der Waals surface area contributed by atoms with E-state index in [2.05, 4.69) is 5.92 Å². The van der Waals surface area contributed by atoms with E-state index in [4.69, 9.17) is 6.42 Å². The van der Waals surface area contributed by atoms with Crippen molar-refractivity contribution in [2.45, 2.75) is 13.8 Å². The van der Waals surface area contributed by atoms with E-state index in [0.717, 1.165) is 5.57 Å². The minimum absolute atomic E-state index is 1.14. The SMILES string of the molecule is C#C[CH]/C(C)=C/C. The largest absolute Gasteiger partial charge is 0.119 e. The molecule has 0 bridgehead atoms. The number of terminal acetylenes is 1. The second-order valence-electron chi connectivity index (χ2n) is 1.34. The molecule has 0 atom stereocenters. The van der Waals surface area contributed by atoms with Crippen LogP contribution in [0.4, 0.5) is 0 Å². The number of hydrogen-bond acceptors (Lipinski definition) is 0. The van der Waals surface area contributed by atoms with Gasteiger partial charge < -0.3 is 0 Å². The highest BCUT2D eigenvalue weighted by Gasteiger charge is 1.77. The Morgan fingerprint density at radius 1 is 1.71 bits per heavy atom. The lowest BCUT2D eigenvalue weighted by molar-refractivity contribution is 1.43. The Morgan fingerprint density at radius 2 is 2.29 bits per heavy atom. The van der Waals surface area contributed by atoms with Gasteiger partial charge in [-0.2, -0.15) is 0 Å². The average Bonchev–Trinajstić information content (AvgIpc) is 1.68. The molecule has 0 nitrogen and oxygen atoms in total. The normalized spacial score (nSPS) is 10.7. The van der Waals surface area contributed by atoms with Crippen molar-refractivity contribution in [1.82, 2.24) is 0 Å². The number of hydrogen-bond donors (Lipinski definition) is 0.